The molecule has 10 heteroatoms. The fraction of sp³-hybridized carbons (Fsp3) is 0.242. The van der Waals surface area contributed by atoms with E-state index in [0.717, 1.165) is 24.7 Å². The summed E-state index contributed by atoms with van der Waals surface area (Å²) in [6, 6.07) is 16.0. The van der Waals surface area contributed by atoms with Crippen LogP contribution in [0.3, 0.4) is 0 Å². The summed E-state index contributed by atoms with van der Waals surface area (Å²) in [7, 11) is 1.99. The Labute approximate surface area is 247 Å². The third-order valence-electron chi connectivity index (χ3n) is 7.54. The van der Waals surface area contributed by atoms with Crippen molar-refractivity contribution >= 4 is 28.2 Å². The van der Waals surface area contributed by atoms with Crippen molar-refractivity contribution in [3.63, 3.8) is 0 Å². The molecule has 43 heavy (non-hydrogen) atoms. The lowest BCUT2D eigenvalue weighted by Crippen LogP contribution is -2.44. The summed E-state index contributed by atoms with van der Waals surface area (Å²) in [5.41, 5.74) is 8.11. The number of rotatable bonds is 4. The molecule has 0 saturated carbocycles. The molecule has 0 spiro atoms. The number of nitrogens with two attached hydrogens (primary N) is 1. The van der Waals surface area contributed by atoms with Crippen LogP contribution < -0.4 is 11.1 Å². The number of pyridine rings is 1. The Hall–Kier alpha value is -4.90. The van der Waals surface area contributed by atoms with Crippen molar-refractivity contribution in [3.05, 3.63) is 99.7 Å². The minimum atomic E-state index is -4.57. The van der Waals surface area contributed by atoms with E-state index in [9.17, 15) is 23.2 Å². The molecule has 1 saturated heterocycles. The molecule has 0 radical (unpaired) electrons. The lowest BCUT2D eigenvalue weighted by molar-refractivity contribution is -0.138. The summed E-state index contributed by atoms with van der Waals surface area (Å²) in [5, 5.41) is 13.3. The lowest BCUT2D eigenvalue weighted by atomic mass is 10.0. The molecule has 0 atom stereocenters. The minimum absolute atomic E-state index is 0.0559. The number of carbonyl (C=O) groups excluding carboxylic acids is 1. The lowest BCUT2D eigenvalue weighted by Gasteiger charge is -2.33. The predicted molar refractivity (Wildman–Crippen MR) is 160 cm³/mol. The highest BCUT2D eigenvalue weighted by molar-refractivity contribution is 6.04. The molecule has 3 N–H and O–H groups in total. The normalized spacial score (nSPS) is 14.1. The number of aryl methyl sites for hydroxylation is 1. The molecule has 2 heterocycles. The van der Waals surface area contributed by atoms with E-state index in [2.05, 4.69) is 33.1 Å². The van der Waals surface area contributed by atoms with Crippen molar-refractivity contribution < 1.29 is 18.0 Å². The second-order valence-electron chi connectivity index (χ2n) is 10.6. The average molecular weight is 583 g/mol. The molecule has 1 aliphatic heterocycles. The van der Waals surface area contributed by atoms with Crippen LogP contribution >= 0.6 is 0 Å². The van der Waals surface area contributed by atoms with Crippen LogP contribution in [0, 0.1) is 30.1 Å². The van der Waals surface area contributed by atoms with Gasteiger partial charge in [0, 0.05) is 66.5 Å². The fourth-order valence-electron chi connectivity index (χ4n) is 4.97. The number of alkyl halides is 3. The van der Waals surface area contributed by atoms with Crippen LogP contribution in [0.5, 0.6) is 0 Å². The smallest absolute Gasteiger partial charge is 0.383 e. The maximum absolute atomic E-state index is 14.0. The van der Waals surface area contributed by atoms with E-state index in [1.54, 1.807) is 36.4 Å². The number of likely N-dealkylation sites (N-methyl/N-ethyl adjacent to an activating group) is 1. The van der Waals surface area contributed by atoms with E-state index in [-0.39, 0.29) is 23.4 Å². The van der Waals surface area contributed by atoms with Gasteiger partial charge in [-0.1, -0.05) is 24.0 Å². The first-order chi connectivity index (χ1) is 20.5. The molecule has 0 aliphatic carbocycles. The van der Waals surface area contributed by atoms with Gasteiger partial charge < -0.3 is 16.0 Å². The Balaban J connectivity index is 1.39. The van der Waals surface area contributed by atoms with Crippen molar-refractivity contribution in [2.45, 2.75) is 19.6 Å². The quantitative estimate of drug-likeness (QED) is 0.312. The number of aromatic nitrogens is 1. The van der Waals surface area contributed by atoms with E-state index in [0.29, 0.717) is 46.4 Å². The molecule has 0 unspecified atom stereocenters. The van der Waals surface area contributed by atoms with Crippen molar-refractivity contribution in [1.29, 1.82) is 5.26 Å². The number of nitriles is 1. The van der Waals surface area contributed by atoms with Crippen molar-refractivity contribution in [1.82, 2.24) is 14.8 Å². The highest BCUT2D eigenvalue weighted by Crippen LogP contribution is 2.35. The Kier molecular flexibility index (Phi) is 8.36. The van der Waals surface area contributed by atoms with Gasteiger partial charge in [-0.3, -0.25) is 9.69 Å². The van der Waals surface area contributed by atoms with Gasteiger partial charge in [0.15, 0.2) is 0 Å². The second kappa shape index (κ2) is 12.1. The Morgan fingerprint density at radius 3 is 2.47 bits per heavy atom. The number of halogens is 3. The topological polar surface area (TPSA) is 98.3 Å². The van der Waals surface area contributed by atoms with E-state index in [4.69, 9.17) is 5.73 Å². The fourth-order valence-corrected chi connectivity index (χ4v) is 4.97. The monoisotopic (exact) mass is 582 g/mol. The number of nitrogens with zero attached hydrogens (tertiary/aromatic N) is 4. The zero-order valence-corrected chi connectivity index (χ0v) is 23.7. The zero-order valence-electron chi connectivity index (χ0n) is 23.7. The molecule has 1 amide bonds. The molecule has 5 rings (SSSR count). The van der Waals surface area contributed by atoms with Gasteiger partial charge in [-0.15, -0.1) is 0 Å². The van der Waals surface area contributed by atoms with E-state index in [1.165, 1.54) is 18.3 Å². The number of amides is 1. The minimum Gasteiger partial charge on any atom is -0.383 e. The number of hydrogen-bond donors (Lipinski definition) is 2. The van der Waals surface area contributed by atoms with Crippen LogP contribution in [0.2, 0.25) is 0 Å². The van der Waals surface area contributed by atoms with Gasteiger partial charge in [-0.05, 0) is 67.6 Å². The van der Waals surface area contributed by atoms with Gasteiger partial charge in [0.2, 0.25) is 0 Å². The molecule has 4 aromatic rings. The Morgan fingerprint density at radius 2 is 1.74 bits per heavy atom. The van der Waals surface area contributed by atoms with Crippen molar-refractivity contribution in [2.75, 3.05) is 44.3 Å². The highest BCUT2D eigenvalue weighted by Gasteiger charge is 2.34. The van der Waals surface area contributed by atoms with Crippen molar-refractivity contribution in [2.24, 2.45) is 0 Å². The summed E-state index contributed by atoms with van der Waals surface area (Å²) in [4.78, 5) is 21.5. The van der Waals surface area contributed by atoms with Crippen molar-refractivity contribution in [3.8, 4) is 17.9 Å². The third kappa shape index (κ3) is 6.78. The van der Waals surface area contributed by atoms with Gasteiger partial charge in [0.05, 0.1) is 22.8 Å². The molecular weight excluding hydrogens is 553 g/mol. The van der Waals surface area contributed by atoms with Gasteiger partial charge in [0.25, 0.3) is 5.91 Å². The largest absolute Gasteiger partial charge is 0.416 e. The number of fused-ring (bicyclic) bond motifs is 1. The van der Waals surface area contributed by atoms with E-state index < -0.39 is 17.6 Å². The number of anilines is 2. The van der Waals surface area contributed by atoms with Crippen LogP contribution in [0.1, 0.15) is 43.7 Å². The Morgan fingerprint density at radius 1 is 1.00 bits per heavy atom. The summed E-state index contributed by atoms with van der Waals surface area (Å²) in [5.74, 6) is 5.90. The Bertz CT molecular complexity index is 1810. The second-order valence-corrected chi connectivity index (χ2v) is 10.6. The molecule has 218 valence electrons. The molecule has 1 aliphatic rings. The maximum atomic E-state index is 14.0. The number of piperazine rings is 1. The number of hydrogen-bond acceptors (Lipinski definition) is 6. The number of nitrogens with one attached hydrogen (secondary N) is 1. The van der Waals surface area contributed by atoms with Crippen LogP contribution in [-0.2, 0) is 12.7 Å². The standard InChI is InChI=1S/C33H29F3N6O/c1-21-3-5-24(16-23(21)6-7-25-19-39-31(38)28-10-4-22(18-37)15-29(25)28)32(43)40-27-9-8-26(30(17-27)33(34,35)36)20-42-13-11-41(2)12-14-42/h3-5,8-10,15-17,19H,11-14,20H2,1-2H3,(H2,38,39)(H,40,43). The van der Waals surface area contributed by atoms with Crippen LogP contribution in [0.15, 0.2) is 60.8 Å². The molecule has 0 bridgehead atoms. The van der Waals surface area contributed by atoms with Gasteiger partial charge in [-0.2, -0.15) is 18.4 Å². The molecule has 1 aromatic heterocycles. The third-order valence-corrected chi connectivity index (χ3v) is 7.54. The number of benzene rings is 3. The summed E-state index contributed by atoms with van der Waals surface area (Å²) < 4.78 is 42.0. The SMILES string of the molecule is Cc1ccc(C(=O)Nc2ccc(CN3CCN(C)CC3)c(C(F)(F)F)c2)cc1C#Cc1cnc(N)c2ccc(C#N)cc12. The van der Waals surface area contributed by atoms with Gasteiger partial charge >= 0.3 is 6.18 Å². The van der Waals surface area contributed by atoms with E-state index >= 15 is 0 Å². The first-order valence-electron chi connectivity index (χ1n) is 13.6. The molecule has 1 fully saturated rings. The zero-order chi connectivity index (χ0) is 30.7. The summed E-state index contributed by atoms with van der Waals surface area (Å²) in [6.45, 7) is 5.01. The first-order valence-corrected chi connectivity index (χ1v) is 13.6. The van der Waals surface area contributed by atoms with Gasteiger partial charge in [-0.25, -0.2) is 4.98 Å². The van der Waals surface area contributed by atoms with Crippen LogP contribution in [0.4, 0.5) is 24.7 Å². The highest BCUT2D eigenvalue weighted by atomic mass is 19.4. The number of carbonyl (C=O) groups is 1. The summed E-state index contributed by atoms with van der Waals surface area (Å²) in [6.07, 6.45) is -3.03. The van der Waals surface area contributed by atoms with Crippen LogP contribution in [-0.4, -0.2) is 53.9 Å². The average Bonchev–Trinajstić information content (AvgIpc) is 2.98. The number of nitrogen functional groups attached to an aromatic ring is 1. The molecular formula is C33H29F3N6O. The molecule has 7 nitrogen and oxygen atoms in total. The van der Waals surface area contributed by atoms with Crippen LogP contribution in [0.25, 0.3) is 10.8 Å². The van der Waals surface area contributed by atoms with Gasteiger partial charge in [0.1, 0.15) is 5.82 Å². The predicted octanol–water partition coefficient (Wildman–Crippen LogP) is 5.42. The first kappa shape index (κ1) is 29.6. The van der Waals surface area contributed by atoms with E-state index in [1.807, 2.05) is 18.9 Å². The molecule has 3 aromatic carbocycles. The maximum Gasteiger partial charge on any atom is 0.416 e. The summed E-state index contributed by atoms with van der Waals surface area (Å²) >= 11 is 0.